The Morgan fingerprint density at radius 3 is 2.65 bits per heavy atom. The van der Waals surface area contributed by atoms with Crippen LogP contribution in [0.3, 0.4) is 0 Å². The van der Waals surface area contributed by atoms with E-state index >= 15 is 0 Å². The minimum atomic E-state index is 0.444. The third kappa shape index (κ3) is 6.81. The zero-order chi connectivity index (χ0) is 12.3. The predicted octanol–water partition coefficient (Wildman–Crippen LogP) is 3.87. The van der Waals surface area contributed by atoms with Gasteiger partial charge in [-0.1, -0.05) is 51.5 Å². The Bertz CT molecular complexity index is 259. The highest BCUT2D eigenvalue weighted by molar-refractivity contribution is 7.09. The third-order valence-electron chi connectivity index (χ3n) is 3.17. The molecule has 17 heavy (non-hydrogen) atoms. The SMILES string of the molecule is CCCCCCCCC(Cc1cccs1)NN. The minimum absolute atomic E-state index is 0.444. The Kier molecular flexibility index (Phi) is 8.32. The summed E-state index contributed by atoms with van der Waals surface area (Å²) in [5, 5.41) is 2.13. The van der Waals surface area contributed by atoms with Gasteiger partial charge in [0.15, 0.2) is 0 Å². The van der Waals surface area contributed by atoms with E-state index in [1.54, 1.807) is 0 Å². The largest absolute Gasteiger partial charge is 0.271 e. The second-order valence-electron chi connectivity index (χ2n) is 4.70. The molecule has 0 bridgehead atoms. The molecule has 3 N–H and O–H groups in total. The van der Waals surface area contributed by atoms with Crippen LogP contribution >= 0.6 is 11.3 Å². The summed E-state index contributed by atoms with van der Waals surface area (Å²) in [7, 11) is 0. The second-order valence-corrected chi connectivity index (χ2v) is 5.74. The van der Waals surface area contributed by atoms with Crippen LogP contribution in [0.5, 0.6) is 0 Å². The molecule has 0 aromatic carbocycles. The number of thiophene rings is 1. The average molecular weight is 254 g/mol. The van der Waals surface area contributed by atoms with Crippen LogP contribution in [-0.4, -0.2) is 6.04 Å². The van der Waals surface area contributed by atoms with E-state index in [4.69, 9.17) is 5.84 Å². The molecule has 0 spiro atoms. The molecule has 0 aliphatic heterocycles. The van der Waals surface area contributed by atoms with E-state index < -0.39 is 0 Å². The summed E-state index contributed by atoms with van der Waals surface area (Å²) in [5.74, 6) is 5.61. The maximum Gasteiger partial charge on any atom is 0.0258 e. The van der Waals surface area contributed by atoms with Gasteiger partial charge < -0.3 is 0 Å². The van der Waals surface area contributed by atoms with Gasteiger partial charge in [-0.25, -0.2) is 0 Å². The molecule has 0 saturated heterocycles. The molecule has 0 aliphatic carbocycles. The van der Waals surface area contributed by atoms with Crippen LogP contribution in [0.25, 0.3) is 0 Å². The van der Waals surface area contributed by atoms with Crippen molar-refractivity contribution < 1.29 is 0 Å². The highest BCUT2D eigenvalue weighted by Gasteiger charge is 2.07. The van der Waals surface area contributed by atoms with E-state index in [1.807, 2.05) is 11.3 Å². The molecular formula is C14H26N2S. The zero-order valence-electron chi connectivity index (χ0n) is 11.0. The Morgan fingerprint density at radius 1 is 1.24 bits per heavy atom. The first-order valence-corrected chi connectivity index (χ1v) is 7.73. The van der Waals surface area contributed by atoms with Crippen molar-refractivity contribution in [3.8, 4) is 0 Å². The van der Waals surface area contributed by atoms with Crippen molar-refractivity contribution in [2.24, 2.45) is 5.84 Å². The number of nitrogens with one attached hydrogen (secondary N) is 1. The molecular weight excluding hydrogens is 228 g/mol. The number of rotatable bonds is 10. The molecule has 1 aromatic heterocycles. The molecule has 3 heteroatoms. The molecule has 0 amide bonds. The maximum atomic E-state index is 5.61. The molecule has 1 unspecified atom stereocenters. The van der Waals surface area contributed by atoms with E-state index in [0.29, 0.717) is 6.04 Å². The van der Waals surface area contributed by atoms with Gasteiger partial charge in [0.25, 0.3) is 0 Å². The number of hydrogen-bond acceptors (Lipinski definition) is 3. The molecule has 2 nitrogen and oxygen atoms in total. The first kappa shape index (κ1) is 14.7. The van der Waals surface area contributed by atoms with Crippen molar-refractivity contribution in [2.75, 3.05) is 0 Å². The van der Waals surface area contributed by atoms with Crippen LogP contribution in [0.2, 0.25) is 0 Å². The quantitative estimate of drug-likeness (QED) is 0.378. The summed E-state index contributed by atoms with van der Waals surface area (Å²) < 4.78 is 0. The first-order chi connectivity index (χ1) is 8.36. The topological polar surface area (TPSA) is 38.0 Å². The number of hydrazine groups is 1. The van der Waals surface area contributed by atoms with Crippen molar-refractivity contribution in [3.63, 3.8) is 0 Å². The van der Waals surface area contributed by atoms with Crippen LogP contribution in [0.4, 0.5) is 0 Å². The molecule has 98 valence electrons. The fourth-order valence-electron chi connectivity index (χ4n) is 2.09. The van der Waals surface area contributed by atoms with Gasteiger partial charge in [0.1, 0.15) is 0 Å². The van der Waals surface area contributed by atoms with Crippen LogP contribution in [-0.2, 0) is 6.42 Å². The Balaban J connectivity index is 2.06. The Hall–Kier alpha value is -0.380. The smallest absolute Gasteiger partial charge is 0.0258 e. The zero-order valence-corrected chi connectivity index (χ0v) is 11.8. The van der Waals surface area contributed by atoms with Gasteiger partial charge >= 0.3 is 0 Å². The van der Waals surface area contributed by atoms with Crippen LogP contribution in [0.15, 0.2) is 17.5 Å². The van der Waals surface area contributed by atoms with E-state index in [0.717, 1.165) is 6.42 Å². The molecule has 0 radical (unpaired) electrons. The standard InChI is InChI=1S/C14H26N2S/c1-2-3-4-5-6-7-9-13(16-15)12-14-10-8-11-17-14/h8,10-11,13,16H,2-7,9,12,15H2,1H3. The molecule has 0 aliphatic rings. The van der Waals surface area contributed by atoms with Gasteiger partial charge in [-0.05, 0) is 24.3 Å². The molecule has 1 aromatic rings. The summed E-state index contributed by atoms with van der Waals surface area (Å²) in [5.41, 5.74) is 2.95. The Labute approximate surface area is 110 Å². The van der Waals surface area contributed by atoms with Crippen LogP contribution in [0, 0.1) is 0 Å². The highest BCUT2D eigenvalue weighted by Crippen LogP contribution is 2.15. The maximum absolute atomic E-state index is 5.61. The summed E-state index contributed by atoms with van der Waals surface area (Å²) in [6, 6.07) is 4.74. The lowest BCUT2D eigenvalue weighted by Gasteiger charge is -2.14. The summed E-state index contributed by atoms with van der Waals surface area (Å²) in [4.78, 5) is 1.43. The fourth-order valence-corrected chi connectivity index (χ4v) is 2.87. The minimum Gasteiger partial charge on any atom is -0.271 e. The monoisotopic (exact) mass is 254 g/mol. The highest BCUT2D eigenvalue weighted by atomic mass is 32.1. The number of hydrogen-bond donors (Lipinski definition) is 2. The van der Waals surface area contributed by atoms with E-state index in [9.17, 15) is 0 Å². The number of nitrogens with two attached hydrogens (primary N) is 1. The Morgan fingerprint density at radius 2 is 2.00 bits per heavy atom. The second kappa shape index (κ2) is 9.63. The van der Waals surface area contributed by atoms with Crippen LogP contribution < -0.4 is 11.3 Å². The van der Waals surface area contributed by atoms with Gasteiger partial charge in [-0.2, -0.15) is 0 Å². The fraction of sp³-hybridized carbons (Fsp3) is 0.714. The van der Waals surface area contributed by atoms with Crippen molar-refractivity contribution in [3.05, 3.63) is 22.4 Å². The van der Waals surface area contributed by atoms with E-state index in [-0.39, 0.29) is 0 Å². The van der Waals surface area contributed by atoms with Gasteiger partial charge in [0.05, 0.1) is 0 Å². The van der Waals surface area contributed by atoms with Gasteiger partial charge in [-0.15, -0.1) is 11.3 Å². The molecule has 0 fully saturated rings. The predicted molar refractivity (Wildman–Crippen MR) is 77.1 cm³/mol. The van der Waals surface area contributed by atoms with Crippen molar-refractivity contribution in [2.45, 2.75) is 64.3 Å². The lowest BCUT2D eigenvalue weighted by atomic mass is 10.0. The van der Waals surface area contributed by atoms with Crippen LogP contribution in [0.1, 0.15) is 56.7 Å². The third-order valence-corrected chi connectivity index (χ3v) is 4.07. The van der Waals surface area contributed by atoms with Gasteiger partial charge in [-0.3, -0.25) is 11.3 Å². The van der Waals surface area contributed by atoms with Crippen molar-refractivity contribution in [1.82, 2.24) is 5.43 Å². The number of unbranched alkanes of at least 4 members (excludes halogenated alkanes) is 5. The molecule has 0 saturated carbocycles. The summed E-state index contributed by atoms with van der Waals surface area (Å²) in [6.07, 6.45) is 10.4. The van der Waals surface area contributed by atoms with Crippen molar-refractivity contribution >= 4 is 11.3 Å². The molecule has 1 atom stereocenters. The molecule has 1 rings (SSSR count). The normalized spacial score (nSPS) is 12.8. The average Bonchev–Trinajstić information content (AvgIpc) is 2.85. The van der Waals surface area contributed by atoms with E-state index in [1.165, 1.54) is 49.8 Å². The summed E-state index contributed by atoms with van der Waals surface area (Å²) >= 11 is 1.82. The first-order valence-electron chi connectivity index (χ1n) is 6.85. The summed E-state index contributed by atoms with van der Waals surface area (Å²) in [6.45, 7) is 2.26. The van der Waals surface area contributed by atoms with E-state index in [2.05, 4.69) is 29.9 Å². The lowest BCUT2D eigenvalue weighted by Crippen LogP contribution is -2.36. The van der Waals surface area contributed by atoms with Gasteiger partial charge in [0, 0.05) is 10.9 Å². The lowest BCUT2D eigenvalue weighted by molar-refractivity contribution is 0.461. The van der Waals surface area contributed by atoms with Gasteiger partial charge in [0.2, 0.25) is 0 Å². The molecule has 1 heterocycles. The van der Waals surface area contributed by atoms with Crippen molar-refractivity contribution in [1.29, 1.82) is 0 Å².